The highest BCUT2D eigenvalue weighted by Gasteiger charge is 2.18. The Kier molecular flexibility index (Phi) is 3.87. The molecule has 0 aliphatic rings. The molecule has 0 saturated heterocycles. The van der Waals surface area contributed by atoms with Crippen molar-refractivity contribution in [3.8, 4) is 0 Å². The smallest absolute Gasteiger partial charge is 0.326 e. The summed E-state index contributed by atoms with van der Waals surface area (Å²) in [7, 11) is 0. The number of carboxylic acids is 1. The molecule has 2 rings (SSSR count). The first-order chi connectivity index (χ1) is 8.97. The molecule has 0 radical (unpaired) electrons. The second kappa shape index (κ2) is 5.41. The number of carboxylic acid groups (broad SMARTS) is 1. The van der Waals surface area contributed by atoms with E-state index >= 15 is 0 Å². The average molecular weight is 281 g/mol. The van der Waals surface area contributed by atoms with Crippen LogP contribution in [0.2, 0.25) is 0 Å². The Labute approximate surface area is 114 Å². The molecule has 2 atom stereocenters. The number of nitrogens with two attached hydrogens (primary N) is 1. The monoisotopic (exact) mass is 281 g/mol. The standard InChI is InChI=1S/C12H15N3O3S/c1-6-3-4-9(18-6)7(2)14-12-15-8(5-19-12)10(13)11(16)17/h3-5,7,10H,13H2,1-2H3,(H,14,15)(H,16,17). The van der Waals surface area contributed by atoms with Crippen molar-refractivity contribution in [3.63, 3.8) is 0 Å². The fraction of sp³-hybridized carbons (Fsp3) is 0.333. The summed E-state index contributed by atoms with van der Waals surface area (Å²) in [6.07, 6.45) is 0. The summed E-state index contributed by atoms with van der Waals surface area (Å²) in [6.45, 7) is 3.82. The number of aromatic nitrogens is 1. The quantitative estimate of drug-likeness (QED) is 0.777. The maximum atomic E-state index is 10.8. The molecule has 102 valence electrons. The molecular formula is C12H15N3O3S. The number of carbonyl (C=O) groups is 1. The summed E-state index contributed by atoms with van der Waals surface area (Å²) in [4.78, 5) is 14.9. The second-order valence-corrected chi connectivity index (χ2v) is 5.07. The van der Waals surface area contributed by atoms with Crippen LogP contribution in [0.4, 0.5) is 5.13 Å². The van der Waals surface area contributed by atoms with Crippen LogP contribution in [0.15, 0.2) is 21.9 Å². The van der Waals surface area contributed by atoms with Gasteiger partial charge in [0.25, 0.3) is 0 Å². The number of hydrogen-bond acceptors (Lipinski definition) is 6. The predicted octanol–water partition coefficient (Wildman–Crippen LogP) is 2.30. The lowest BCUT2D eigenvalue weighted by Crippen LogP contribution is -2.21. The maximum Gasteiger partial charge on any atom is 0.326 e. The Morgan fingerprint density at radius 2 is 2.32 bits per heavy atom. The molecular weight excluding hydrogens is 266 g/mol. The van der Waals surface area contributed by atoms with Crippen LogP contribution in [0.25, 0.3) is 0 Å². The minimum Gasteiger partial charge on any atom is -0.480 e. The number of nitrogens with one attached hydrogen (secondary N) is 1. The van der Waals surface area contributed by atoms with Crippen molar-refractivity contribution in [1.29, 1.82) is 0 Å². The zero-order chi connectivity index (χ0) is 14.0. The van der Waals surface area contributed by atoms with Gasteiger partial charge in [-0.3, -0.25) is 4.79 Å². The topological polar surface area (TPSA) is 101 Å². The fourth-order valence-electron chi connectivity index (χ4n) is 1.56. The van der Waals surface area contributed by atoms with Crippen molar-refractivity contribution in [2.24, 2.45) is 5.73 Å². The largest absolute Gasteiger partial charge is 0.480 e. The molecule has 6 nitrogen and oxygen atoms in total. The van der Waals surface area contributed by atoms with E-state index in [2.05, 4.69) is 10.3 Å². The van der Waals surface area contributed by atoms with Crippen LogP contribution in [0, 0.1) is 6.92 Å². The number of aryl methyl sites for hydroxylation is 1. The molecule has 0 bridgehead atoms. The normalized spacial score (nSPS) is 14.1. The lowest BCUT2D eigenvalue weighted by atomic mass is 10.2. The molecule has 0 spiro atoms. The second-order valence-electron chi connectivity index (χ2n) is 4.21. The van der Waals surface area contributed by atoms with Gasteiger partial charge >= 0.3 is 5.97 Å². The van der Waals surface area contributed by atoms with Gasteiger partial charge in [-0.2, -0.15) is 0 Å². The number of nitrogens with zero attached hydrogens (tertiary/aromatic N) is 1. The number of hydrogen-bond donors (Lipinski definition) is 3. The first-order valence-corrected chi connectivity index (χ1v) is 6.62. The van der Waals surface area contributed by atoms with E-state index in [1.54, 1.807) is 5.38 Å². The predicted molar refractivity (Wildman–Crippen MR) is 72.2 cm³/mol. The average Bonchev–Trinajstić information content (AvgIpc) is 2.97. The lowest BCUT2D eigenvalue weighted by molar-refractivity contribution is -0.138. The number of thiazole rings is 1. The summed E-state index contributed by atoms with van der Waals surface area (Å²) in [5.74, 6) is 0.555. The highest BCUT2D eigenvalue weighted by atomic mass is 32.1. The fourth-order valence-corrected chi connectivity index (χ4v) is 2.40. The van der Waals surface area contributed by atoms with Crippen LogP contribution >= 0.6 is 11.3 Å². The zero-order valence-corrected chi connectivity index (χ0v) is 11.4. The Balaban J connectivity index is 2.06. The van der Waals surface area contributed by atoms with Crippen molar-refractivity contribution in [2.45, 2.75) is 25.9 Å². The van der Waals surface area contributed by atoms with Gasteiger partial charge in [0.1, 0.15) is 17.6 Å². The molecule has 0 amide bonds. The van der Waals surface area contributed by atoms with Gasteiger partial charge < -0.3 is 20.6 Å². The van der Waals surface area contributed by atoms with Gasteiger partial charge in [0.05, 0.1) is 11.7 Å². The van der Waals surface area contributed by atoms with Gasteiger partial charge in [-0.1, -0.05) is 0 Å². The lowest BCUT2D eigenvalue weighted by Gasteiger charge is -2.09. The Bertz CT molecular complexity index is 578. The summed E-state index contributed by atoms with van der Waals surface area (Å²) < 4.78 is 5.51. The molecule has 2 heterocycles. The minimum absolute atomic E-state index is 0.0475. The highest BCUT2D eigenvalue weighted by Crippen LogP contribution is 2.25. The van der Waals surface area contributed by atoms with Crippen molar-refractivity contribution in [1.82, 2.24) is 4.98 Å². The maximum absolute atomic E-state index is 10.8. The molecule has 0 aliphatic carbocycles. The van der Waals surface area contributed by atoms with Gasteiger partial charge in [-0.15, -0.1) is 11.3 Å². The van der Waals surface area contributed by atoms with E-state index in [0.29, 0.717) is 10.8 Å². The summed E-state index contributed by atoms with van der Waals surface area (Å²) in [5.41, 5.74) is 5.84. The summed E-state index contributed by atoms with van der Waals surface area (Å²) in [6, 6.07) is 2.65. The van der Waals surface area contributed by atoms with E-state index in [1.165, 1.54) is 11.3 Å². The first kappa shape index (κ1) is 13.6. The molecule has 2 unspecified atom stereocenters. The molecule has 0 fully saturated rings. The molecule has 7 heteroatoms. The molecule has 0 saturated carbocycles. The van der Waals surface area contributed by atoms with E-state index in [1.807, 2.05) is 26.0 Å². The Morgan fingerprint density at radius 1 is 1.58 bits per heavy atom. The Morgan fingerprint density at radius 3 is 2.89 bits per heavy atom. The van der Waals surface area contributed by atoms with Crippen molar-refractivity contribution in [3.05, 3.63) is 34.7 Å². The molecule has 2 aromatic heterocycles. The van der Waals surface area contributed by atoms with E-state index in [0.717, 1.165) is 11.5 Å². The highest BCUT2D eigenvalue weighted by molar-refractivity contribution is 7.13. The minimum atomic E-state index is -1.09. The van der Waals surface area contributed by atoms with Crippen LogP contribution in [-0.4, -0.2) is 16.1 Å². The van der Waals surface area contributed by atoms with Gasteiger partial charge in [0.2, 0.25) is 0 Å². The zero-order valence-electron chi connectivity index (χ0n) is 10.6. The van der Waals surface area contributed by atoms with E-state index < -0.39 is 12.0 Å². The summed E-state index contributed by atoms with van der Waals surface area (Å²) >= 11 is 1.32. The molecule has 0 aliphatic heterocycles. The van der Waals surface area contributed by atoms with Crippen LogP contribution in [0.5, 0.6) is 0 Å². The van der Waals surface area contributed by atoms with Crippen molar-refractivity contribution < 1.29 is 14.3 Å². The molecule has 19 heavy (non-hydrogen) atoms. The van der Waals surface area contributed by atoms with Gasteiger partial charge in [-0.05, 0) is 26.0 Å². The number of rotatable bonds is 5. The van der Waals surface area contributed by atoms with Crippen LogP contribution < -0.4 is 11.1 Å². The molecule has 4 N–H and O–H groups in total. The van der Waals surface area contributed by atoms with Gasteiger partial charge in [0.15, 0.2) is 5.13 Å². The van der Waals surface area contributed by atoms with Crippen LogP contribution in [0.1, 0.15) is 36.2 Å². The third-order valence-electron chi connectivity index (χ3n) is 2.63. The Hall–Kier alpha value is -1.86. The number of anilines is 1. The molecule has 0 aromatic carbocycles. The third kappa shape index (κ3) is 3.12. The van der Waals surface area contributed by atoms with E-state index in [-0.39, 0.29) is 6.04 Å². The van der Waals surface area contributed by atoms with Crippen LogP contribution in [0.3, 0.4) is 0 Å². The van der Waals surface area contributed by atoms with Crippen molar-refractivity contribution >= 4 is 22.4 Å². The van der Waals surface area contributed by atoms with E-state index in [4.69, 9.17) is 15.3 Å². The number of aliphatic carboxylic acids is 1. The third-order valence-corrected chi connectivity index (χ3v) is 3.43. The number of furan rings is 1. The SMILES string of the molecule is Cc1ccc(C(C)Nc2nc(C(N)C(=O)O)cs2)o1. The van der Waals surface area contributed by atoms with Gasteiger partial charge in [-0.25, -0.2) is 4.98 Å². The van der Waals surface area contributed by atoms with Gasteiger partial charge in [0, 0.05) is 5.38 Å². The van der Waals surface area contributed by atoms with Crippen molar-refractivity contribution in [2.75, 3.05) is 5.32 Å². The first-order valence-electron chi connectivity index (χ1n) is 5.74. The summed E-state index contributed by atoms with van der Waals surface area (Å²) in [5, 5.41) is 14.2. The van der Waals surface area contributed by atoms with E-state index in [9.17, 15) is 4.79 Å². The van der Waals surface area contributed by atoms with Crippen LogP contribution in [-0.2, 0) is 4.79 Å². The molecule has 2 aromatic rings.